The molecule has 0 saturated heterocycles. The number of hydrogen-bond acceptors (Lipinski definition) is 5. The minimum absolute atomic E-state index is 0.169. The first kappa shape index (κ1) is 13.5. The van der Waals surface area contributed by atoms with Gasteiger partial charge in [0.1, 0.15) is 11.6 Å². The molecule has 0 aliphatic rings. The average molecular weight is 265 g/mol. The third-order valence-corrected chi connectivity index (χ3v) is 2.85. The van der Waals surface area contributed by atoms with Gasteiger partial charge in [0, 0.05) is 0 Å². The van der Waals surface area contributed by atoms with Crippen LogP contribution in [-0.2, 0) is 0 Å². The van der Waals surface area contributed by atoms with Crippen LogP contribution in [-0.4, -0.2) is 17.3 Å². The molecule has 2 aromatic rings. The van der Waals surface area contributed by atoms with Gasteiger partial charge in [-0.05, 0) is 24.1 Å². The van der Waals surface area contributed by atoms with Crippen LogP contribution in [0.2, 0.25) is 0 Å². The molecule has 5 nitrogen and oxygen atoms in total. The zero-order valence-electron chi connectivity index (χ0n) is 11.1. The summed E-state index contributed by atoms with van der Waals surface area (Å²) >= 11 is 0. The lowest BCUT2D eigenvalue weighted by Crippen LogP contribution is -2.16. The number of rotatable bonds is 4. The van der Waals surface area contributed by atoms with Crippen molar-refractivity contribution in [1.29, 1.82) is 0 Å². The molecule has 0 aliphatic heterocycles. The first-order valence-electron chi connectivity index (χ1n) is 5.96. The van der Waals surface area contributed by atoms with E-state index in [9.17, 15) is 4.39 Å². The third-order valence-electron chi connectivity index (χ3n) is 2.85. The Hall–Kier alpha value is -1.95. The quantitative estimate of drug-likeness (QED) is 0.919. The molecule has 1 aromatic heterocycles. The minimum atomic E-state index is -0.393. The molecule has 2 N–H and O–H groups in total. The van der Waals surface area contributed by atoms with Gasteiger partial charge in [0.25, 0.3) is 0 Å². The lowest BCUT2D eigenvalue weighted by Gasteiger charge is -2.09. The number of methoxy groups -OCH3 is 1. The Morgan fingerprint density at radius 2 is 2.11 bits per heavy atom. The van der Waals surface area contributed by atoms with Crippen LogP contribution in [0.25, 0.3) is 11.4 Å². The molecule has 0 bridgehead atoms. The molecule has 102 valence electrons. The molecule has 0 spiro atoms. The summed E-state index contributed by atoms with van der Waals surface area (Å²) in [5, 5.41) is 3.83. The van der Waals surface area contributed by atoms with Crippen molar-refractivity contribution in [3.63, 3.8) is 0 Å². The summed E-state index contributed by atoms with van der Waals surface area (Å²) in [6.07, 6.45) is 0. The maximum atomic E-state index is 13.3. The molecule has 6 heteroatoms. The van der Waals surface area contributed by atoms with Crippen molar-refractivity contribution in [2.75, 3.05) is 7.11 Å². The van der Waals surface area contributed by atoms with Crippen LogP contribution in [0.1, 0.15) is 25.8 Å². The van der Waals surface area contributed by atoms with E-state index in [0.717, 1.165) is 0 Å². The highest BCUT2D eigenvalue weighted by molar-refractivity contribution is 5.63. The highest BCUT2D eigenvalue weighted by Crippen LogP contribution is 2.29. The van der Waals surface area contributed by atoms with Crippen molar-refractivity contribution in [3.8, 4) is 17.1 Å². The van der Waals surface area contributed by atoms with Gasteiger partial charge in [0.05, 0.1) is 18.7 Å². The highest BCUT2D eigenvalue weighted by Gasteiger charge is 2.20. The fraction of sp³-hybridized carbons (Fsp3) is 0.385. The van der Waals surface area contributed by atoms with E-state index < -0.39 is 5.82 Å². The van der Waals surface area contributed by atoms with E-state index in [0.29, 0.717) is 17.2 Å². The number of ether oxygens (including phenoxy) is 1. The molecule has 19 heavy (non-hydrogen) atoms. The van der Waals surface area contributed by atoms with E-state index in [4.69, 9.17) is 15.0 Å². The van der Waals surface area contributed by atoms with Gasteiger partial charge in [0.2, 0.25) is 11.7 Å². The second kappa shape index (κ2) is 5.36. The maximum Gasteiger partial charge on any atom is 0.244 e. The van der Waals surface area contributed by atoms with E-state index in [1.807, 2.05) is 13.8 Å². The molecule has 0 unspecified atom stereocenters. The Morgan fingerprint density at radius 3 is 2.74 bits per heavy atom. The summed E-state index contributed by atoms with van der Waals surface area (Å²) in [6, 6.07) is 3.78. The van der Waals surface area contributed by atoms with E-state index >= 15 is 0 Å². The van der Waals surface area contributed by atoms with Crippen LogP contribution in [0, 0.1) is 11.7 Å². The van der Waals surface area contributed by atoms with Crippen LogP contribution < -0.4 is 10.5 Å². The molecule has 0 fully saturated rings. The minimum Gasteiger partial charge on any atom is -0.496 e. The monoisotopic (exact) mass is 265 g/mol. The van der Waals surface area contributed by atoms with Gasteiger partial charge < -0.3 is 15.0 Å². The van der Waals surface area contributed by atoms with Gasteiger partial charge in [-0.3, -0.25) is 0 Å². The van der Waals surface area contributed by atoms with Crippen molar-refractivity contribution >= 4 is 0 Å². The molecule has 1 heterocycles. The molecule has 0 radical (unpaired) electrons. The number of nitrogens with two attached hydrogens (primary N) is 1. The molecular formula is C13H16FN3O2. The Labute approximate surface area is 110 Å². The van der Waals surface area contributed by atoms with Gasteiger partial charge in [-0.2, -0.15) is 4.98 Å². The van der Waals surface area contributed by atoms with Gasteiger partial charge in [-0.1, -0.05) is 19.0 Å². The van der Waals surface area contributed by atoms with Gasteiger partial charge in [-0.25, -0.2) is 4.39 Å². The molecular weight excluding hydrogens is 249 g/mol. The predicted molar refractivity (Wildman–Crippen MR) is 68.0 cm³/mol. The second-order valence-electron chi connectivity index (χ2n) is 4.57. The fourth-order valence-electron chi connectivity index (χ4n) is 1.62. The van der Waals surface area contributed by atoms with Crippen molar-refractivity contribution in [2.24, 2.45) is 11.7 Å². The number of aromatic nitrogens is 2. The van der Waals surface area contributed by atoms with Gasteiger partial charge in [-0.15, -0.1) is 0 Å². The van der Waals surface area contributed by atoms with Crippen molar-refractivity contribution in [3.05, 3.63) is 29.9 Å². The van der Waals surface area contributed by atoms with Crippen molar-refractivity contribution in [1.82, 2.24) is 10.1 Å². The maximum absolute atomic E-state index is 13.3. The zero-order valence-corrected chi connectivity index (χ0v) is 11.1. The average Bonchev–Trinajstić information content (AvgIpc) is 2.87. The lowest BCUT2D eigenvalue weighted by molar-refractivity contribution is 0.325. The molecule has 0 aliphatic carbocycles. The van der Waals surface area contributed by atoms with Crippen LogP contribution >= 0.6 is 0 Å². The Kier molecular flexibility index (Phi) is 3.80. The normalized spacial score (nSPS) is 12.7. The van der Waals surface area contributed by atoms with Crippen LogP contribution in [0.4, 0.5) is 4.39 Å². The van der Waals surface area contributed by atoms with E-state index in [1.54, 1.807) is 0 Å². The summed E-state index contributed by atoms with van der Waals surface area (Å²) in [5.74, 6) is 0.851. The third kappa shape index (κ3) is 2.73. The highest BCUT2D eigenvalue weighted by atomic mass is 19.1. The first-order chi connectivity index (χ1) is 9.02. The summed E-state index contributed by atoms with van der Waals surface area (Å²) in [4.78, 5) is 4.20. The van der Waals surface area contributed by atoms with Gasteiger partial charge in [0.15, 0.2) is 0 Å². The molecule has 1 atom stereocenters. The van der Waals surface area contributed by atoms with E-state index in [2.05, 4.69) is 10.1 Å². The van der Waals surface area contributed by atoms with E-state index in [1.165, 1.54) is 25.3 Å². The SMILES string of the molecule is COc1ccc(F)cc1-c1noc([C@@H](N)C(C)C)n1. The Bertz CT molecular complexity index is 569. The Balaban J connectivity index is 2.40. The Morgan fingerprint density at radius 1 is 1.37 bits per heavy atom. The number of nitrogens with zero attached hydrogens (tertiary/aromatic N) is 2. The van der Waals surface area contributed by atoms with Crippen molar-refractivity contribution < 1.29 is 13.7 Å². The number of halogens is 1. The zero-order chi connectivity index (χ0) is 14.0. The summed E-state index contributed by atoms with van der Waals surface area (Å²) in [5.41, 5.74) is 6.37. The molecule has 2 rings (SSSR count). The fourth-order valence-corrected chi connectivity index (χ4v) is 1.62. The van der Waals surface area contributed by atoms with Crippen LogP contribution in [0.15, 0.2) is 22.7 Å². The molecule has 1 aromatic carbocycles. The summed E-state index contributed by atoms with van der Waals surface area (Å²) in [6.45, 7) is 3.91. The summed E-state index contributed by atoms with van der Waals surface area (Å²) < 4.78 is 23.6. The van der Waals surface area contributed by atoms with Gasteiger partial charge >= 0.3 is 0 Å². The standard InChI is InChI=1S/C13H16FN3O2/c1-7(2)11(15)13-16-12(17-19-13)9-6-8(14)4-5-10(9)18-3/h4-7,11H,15H2,1-3H3/t11-/m0/s1. The number of hydrogen-bond donors (Lipinski definition) is 1. The largest absolute Gasteiger partial charge is 0.496 e. The number of benzene rings is 1. The first-order valence-corrected chi connectivity index (χ1v) is 5.96. The van der Waals surface area contributed by atoms with Crippen LogP contribution in [0.5, 0.6) is 5.75 Å². The van der Waals surface area contributed by atoms with Crippen LogP contribution in [0.3, 0.4) is 0 Å². The topological polar surface area (TPSA) is 74.2 Å². The second-order valence-corrected chi connectivity index (χ2v) is 4.57. The molecule has 0 amide bonds. The van der Waals surface area contributed by atoms with Crippen molar-refractivity contribution in [2.45, 2.75) is 19.9 Å². The predicted octanol–water partition coefficient (Wildman–Crippen LogP) is 2.54. The van der Waals surface area contributed by atoms with E-state index in [-0.39, 0.29) is 17.8 Å². The molecule has 0 saturated carbocycles. The lowest BCUT2D eigenvalue weighted by atomic mass is 10.1. The summed E-state index contributed by atoms with van der Waals surface area (Å²) in [7, 11) is 1.50. The smallest absolute Gasteiger partial charge is 0.244 e.